The molecule has 0 aromatic carbocycles. The molecule has 8 nitrogen and oxygen atoms in total. The number of likely N-dealkylation sites (N-methyl/N-ethyl adjacent to an activating group) is 1. The average molecular weight is 1100 g/mol. The van der Waals surface area contributed by atoms with Crippen molar-refractivity contribution < 1.29 is 32.9 Å². The summed E-state index contributed by atoms with van der Waals surface area (Å²) in [6.45, 7) is 4.82. The number of nitrogens with zero attached hydrogens (tertiary/aromatic N) is 1. The van der Waals surface area contributed by atoms with Crippen LogP contribution in [0.15, 0.2) is 60.8 Å². The maximum absolute atomic E-state index is 13.0. The second-order valence-electron chi connectivity index (χ2n) is 23.8. The minimum Gasteiger partial charge on any atom is -0.387 e. The molecule has 0 bridgehead atoms. The Morgan fingerprint density at radius 1 is 0.442 bits per heavy atom. The first-order valence-corrected chi connectivity index (χ1v) is 34.7. The van der Waals surface area contributed by atoms with Crippen LogP contribution in [0.4, 0.5) is 0 Å². The molecule has 0 aliphatic heterocycles. The van der Waals surface area contributed by atoms with Crippen LogP contribution in [0.3, 0.4) is 0 Å². The molecule has 3 N–H and O–H groups in total. The van der Waals surface area contributed by atoms with E-state index < -0.39 is 20.0 Å². The number of phosphoric ester groups is 1. The van der Waals surface area contributed by atoms with Crippen molar-refractivity contribution in [1.82, 2.24) is 5.32 Å². The van der Waals surface area contributed by atoms with Gasteiger partial charge in [-0.3, -0.25) is 13.8 Å². The summed E-state index contributed by atoms with van der Waals surface area (Å²) < 4.78 is 23.8. The Labute approximate surface area is 479 Å². The van der Waals surface area contributed by atoms with Crippen molar-refractivity contribution in [2.24, 2.45) is 0 Å². The molecule has 0 spiro atoms. The van der Waals surface area contributed by atoms with Crippen molar-refractivity contribution in [3.8, 4) is 0 Å². The summed E-state index contributed by atoms with van der Waals surface area (Å²) in [5.74, 6) is -0.183. The number of nitrogens with one attached hydrogen (secondary N) is 1. The van der Waals surface area contributed by atoms with Gasteiger partial charge in [-0.2, -0.15) is 0 Å². The molecule has 0 aromatic rings. The molecule has 3 unspecified atom stereocenters. The zero-order valence-electron chi connectivity index (χ0n) is 51.7. The van der Waals surface area contributed by atoms with E-state index in [0.29, 0.717) is 17.4 Å². The average Bonchev–Trinajstić information content (AvgIpc) is 3.39. The zero-order valence-corrected chi connectivity index (χ0v) is 52.6. The van der Waals surface area contributed by atoms with Crippen LogP contribution in [0.25, 0.3) is 0 Å². The molecule has 9 heteroatoms. The van der Waals surface area contributed by atoms with Crippen LogP contribution in [0, 0.1) is 0 Å². The molecule has 1 amide bonds. The molecule has 0 fully saturated rings. The quantitative estimate of drug-likeness (QED) is 0.0243. The summed E-state index contributed by atoms with van der Waals surface area (Å²) in [5.41, 5.74) is 0. The Hall–Kier alpha value is -1.80. The molecule has 0 radical (unpaired) electrons. The summed E-state index contributed by atoms with van der Waals surface area (Å²) in [7, 11) is 1.56. The molecule has 452 valence electrons. The van der Waals surface area contributed by atoms with Crippen LogP contribution in [0.5, 0.6) is 0 Å². The lowest BCUT2D eigenvalue weighted by atomic mass is 10.0. The number of aliphatic hydroxyl groups excluding tert-OH is 1. The van der Waals surface area contributed by atoms with E-state index in [-0.39, 0.29) is 19.1 Å². The fraction of sp³-hybridized carbons (Fsp3) is 0.838. The molecule has 77 heavy (non-hydrogen) atoms. The fourth-order valence-electron chi connectivity index (χ4n) is 9.77. The lowest BCUT2D eigenvalue weighted by molar-refractivity contribution is -0.870. The van der Waals surface area contributed by atoms with Crippen LogP contribution < -0.4 is 5.32 Å². The van der Waals surface area contributed by atoms with Crippen LogP contribution in [-0.2, 0) is 18.4 Å². The zero-order chi connectivity index (χ0) is 56.3. The van der Waals surface area contributed by atoms with Gasteiger partial charge in [-0.25, -0.2) is 4.57 Å². The van der Waals surface area contributed by atoms with Crippen LogP contribution >= 0.6 is 7.82 Å². The number of hydrogen-bond donors (Lipinski definition) is 3. The lowest BCUT2D eigenvalue weighted by Gasteiger charge is -2.25. The highest BCUT2D eigenvalue weighted by Gasteiger charge is 2.28. The molecule has 0 heterocycles. The number of allylic oxidation sites excluding steroid dienone is 9. The van der Waals surface area contributed by atoms with Gasteiger partial charge >= 0.3 is 7.82 Å². The van der Waals surface area contributed by atoms with Gasteiger partial charge in [0.05, 0.1) is 39.9 Å². The number of rotatable bonds is 61. The van der Waals surface area contributed by atoms with Crippen molar-refractivity contribution in [1.29, 1.82) is 0 Å². The van der Waals surface area contributed by atoms with Gasteiger partial charge in [0, 0.05) is 6.42 Å². The first-order valence-electron chi connectivity index (χ1n) is 33.2. The number of hydrogen-bond acceptors (Lipinski definition) is 5. The van der Waals surface area contributed by atoms with Gasteiger partial charge < -0.3 is 19.8 Å². The standard InChI is InChI=1S/C68H129N2O6P/c1-6-8-10-12-14-16-18-20-22-24-26-28-29-30-31-32-33-34-35-36-37-38-39-40-41-42-44-46-48-50-52-54-56-58-60-62-68(72)69-66(65-76-77(73,74)75-64-63-70(3,4)5)67(71)61-59-57-55-53-51-49-47-45-43-27-25-23-21-19-17-15-13-11-9-7-2/h18,20,24,26,29-30,51,53,59,61,66-67,71H,6-17,19,21-23,25,27-28,31-50,52,54-58,60,62-65H2,1-5H3,(H-,69,72,73,74)/p+1/b20-18-,26-24-,30-29-,53-51+,61-59+. The Bertz CT molecular complexity index is 1440. The number of phosphoric acid groups is 1. The Kier molecular flexibility index (Phi) is 57.5. The minimum atomic E-state index is -4.36. The second-order valence-corrected chi connectivity index (χ2v) is 25.3. The predicted octanol–water partition coefficient (Wildman–Crippen LogP) is 20.8. The molecule has 0 saturated carbocycles. The topological polar surface area (TPSA) is 105 Å². The highest BCUT2D eigenvalue weighted by molar-refractivity contribution is 7.47. The summed E-state index contributed by atoms with van der Waals surface area (Å²) >= 11 is 0. The Balaban J connectivity index is 4.05. The second kappa shape index (κ2) is 58.8. The third-order valence-electron chi connectivity index (χ3n) is 15.0. The Morgan fingerprint density at radius 3 is 1.13 bits per heavy atom. The van der Waals surface area contributed by atoms with Gasteiger partial charge in [-0.1, -0.05) is 299 Å². The van der Waals surface area contributed by atoms with Crippen LogP contribution in [-0.4, -0.2) is 73.4 Å². The number of quaternary nitrogens is 1. The molecule has 0 aliphatic rings. The SMILES string of the molecule is CCCCCCC/C=C\C/C=C\C/C=C\CCCCCCCCCCCCCCCCCCCCCCC(=O)NC(COP(=O)(O)OCC[N+](C)(C)C)C(O)/C=C/CC/C=C/CCCCCCCCCCCCCCCC. The Morgan fingerprint density at radius 2 is 0.753 bits per heavy atom. The molecule has 3 atom stereocenters. The third-order valence-corrected chi connectivity index (χ3v) is 15.9. The summed E-state index contributed by atoms with van der Waals surface area (Å²) in [6.07, 6.45) is 80.7. The van der Waals surface area contributed by atoms with Gasteiger partial charge in [0.25, 0.3) is 0 Å². The normalized spacial score (nSPS) is 14.1. The van der Waals surface area contributed by atoms with Crippen molar-refractivity contribution in [3.63, 3.8) is 0 Å². The monoisotopic (exact) mass is 1100 g/mol. The first-order chi connectivity index (χ1) is 37.5. The molecular formula is C68H130N2O6P+. The van der Waals surface area contributed by atoms with Crippen molar-refractivity contribution >= 4 is 13.7 Å². The number of carbonyl (C=O) groups excluding carboxylic acids is 1. The highest BCUT2D eigenvalue weighted by Crippen LogP contribution is 2.43. The highest BCUT2D eigenvalue weighted by atomic mass is 31.2. The van der Waals surface area contributed by atoms with Crippen molar-refractivity contribution in [3.05, 3.63) is 60.8 Å². The van der Waals surface area contributed by atoms with Gasteiger partial charge in [0.15, 0.2) is 0 Å². The van der Waals surface area contributed by atoms with Gasteiger partial charge in [0.1, 0.15) is 13.2 Å². The smallest absolute Gasteiger partial charge is 0.387 e. The largest absolute Gasteiger partial charge is 0.472 e. The van der Waals surface area contributed by atoms with E-state index in [1.54, 1.807) is 6.08 Å². The van der Waals surface area contributed by atoms with Gasteiger partial charge in [-0.15, -0.1) is 0 Å². The van der Waals surface area contributed by atoms with E-state index in [1.807, 2.05) is 27.2 Å². The van der Waals surface area contributed by atoms with Crippen molar-refractivity contribution in [2.45, 2.75) is 328 Å². The predicted molar refractivity (Wildman–Crippen MR) is 337 cm³/mol. The number of amides is 1. The number of carbonyl (C=O) groups is 1. The van der Waals surface area contributed by atoms with E-state index in [0.717, 1.165) is 51.4 Å². The summed E-state index contributed by atoms with van der Waals surface area (Å²) in [6, 6.07) is -0.865. The van der Waals surface area contributed by atoms with E-state index in [4.69, 9.17) is 9.05 Å². The van der Waals surface area contributed by atoms with E-state index >= 15 is 0 Å². The van der Waals surface area contributed by atoms with E-state index in [1.165, 1.54) is 244 Å². The molecule has 0 aromatic heterocycles. The van der Waals surface area contributed by atoms with Crippen LogP contribution in [0.2, 0.25) is 0 Å². The molecule has 0 saturated heterocycles. The number of aliphatic hydroxyl groups is 1. The maximum atomic E-state index is 13.0. The summed E-state index contributed by atoms with van der Waals surface area (Å²) in [5, 5.41) is 14.0. The number of unbranched alkanes of at least 4 members (excludes halogenated alkanes) is 40. The third kappa shape index (κ3) is 61.7. The maximum Gasteiger partial charge on any atom is 0.472 e. The lowest BCUT2D eigenvalue weighted by Crippen LogP contribution is -2.45. The fourth-order valence-corrected chi connectivity index (χ4v) is 10.5. The van der Waals surface area contributed by atoms with E-state index in [9.17, 15) is 19.4 Å². The summed E-state index contributed by atoms with van der Waals surface area (Å²) in [4.78, 5) is 23.4. The molecular weight excluding hydrogens is 972 g/mol. The first kappa shape index (κ1) is 75.2. The van der Waals surface area contributed by atoms with E-state index in [2.05, 4.69) is 67.8 Å². The van der Waals surface area contributed by atoms with Crippen LogP contribution in [0.1, 0.15) is 316 Å². The van der Waals surface area contributed by atoms with Gasteiger partial charge in [0.2, 0.25) is 5.91 Å². The van der Waals surface area contributed by atoms with Crippen molar-refractivity contribution in [2.75, 3.05) is 40.9 Å². The molecule has 0 aliphatic carbocycles. The molecule has 0 rings (SSSR count). The minimum absolute atomic E-state index is 0.0564. The van der Waals surface area contributed by atoms with Gasteiger partial charge in [-0.05, 0) is 70.6 Å².